The Labute approximate surface area is 145 Å². The van der Waals surface area contributed by atoms with E-state index in [-0.39, 0.29) is 11.9 Å². The van der Waals surface area contributed by atoms with Gasteiger partial charge < -0.3 is 15.5 Å². The molecular formula is C19H30N4O. The number of nitrogens with zero attached hydrogens (tertiary/aromatic N) is 2. The number of carbonyl (C=O) groups is 1. The van der Waals surface area contributed by atoms with Gasteiger partial charge in [-0.2, -0.15) is 0 Å². The molecule has 1 aromatic rings. The lowest BCUT2D eigenvalue weighted by molar-refractivity contribution is 0.0914. The zero-order chi connectivity index (χ0) is 16.9. The summed E-state index contributed by atoms with van der Waals surface area (Å²) in [5.41, 5.74) is 2.01. The molecule has 24 heavy (non-hydrogen) atoms. The normalized spacial score (nSPS) is 26.2. The first kappa shape index (κ1) is 17.4. The summed E-state index contributed by atoms with van der Waals surface area (Å²) in [4.78, 5) is 17.4. The van der Waals surface area contributed by atoms with Crippen molar-refractivity contribution < 1.29 is 4.79 Å². The van der Waals surface area contributed by atoms with E-state index in [4.69, 9.17) is 0 Å². The van der Waals surface area contributed by atoms with Crippen LogP contribution in [0.1, 0.15) is 29.3 Å². The van der Waals surface area contributed by atoms with Gasteiger partial charge in [0.05, 0.1) is 0 Å². The maximum atomic E-state index is 12.6. The largest absolute Gasteiger partial charge is 0.349 e. The lowest BCUT2D eigenvalue weighted by Crippen LogP contribution is -2.48. The molecule has 5 nitrogen and oxygen atoms in total. The van der Waals surface area contributed by atoms with Crippen LogP contribution >= 0.6 is 0 Å². The van der Waals surface area contributed by atoms with Crippen molar-refractivity contribution >= 4 is 5.91 Å². The van der Waals surface area contributed by atoms with Crippen molar-refractivity contribution in [3.63, 3.8) is 0 Å². The zero-order valence-corrected chi connectivity index (χ0v) is 14.9. The van der Waals surface area contributed by atoms with Crippen LogP contribution in [0.15, 0.2) is 24.3 Å². The van der Waals surface area contributed by atoms with E-state index in [9.17, 15) is 4.79 Å². The average molecular weight is 330 g/mol. The lowest BCUT2D eigenvalue weighted by Gasteiger charge is -2.32. The van der Waals surface area contributed by atoms with E-state index >= 15 is 0 Å². The molecule has 3 rings (SSSR count). The molecule has 2 N–H and O–H groups in total. The minimum Gasteiger partial charge on any atom is -0.349 e. The molecule has 2 saturated heterocycles. The highest BCUT2D eigenvalue weighted by atomic mass is 16.1. The first-order valence-electron chi connectivity index (χ1n) is 9.13. The van der Waals surface area contributed by atoms with Gasteiger partial charge in [-0.05, 0) is 50.2 Å². The van der Waals surface area contributed by atoms with Crippen molar-refractivity contribution in [2.45, 2.75) is 25.9 Å². The summed E-state index contributed by atoms with van der Waals surface area (Å²) in [5.74, 6) is 0.546. The molecule has 2 heterocycles. The molecule has 2 unspecified atom stereocenters. The quantitative estimate of drug-likeness (QED) is 0.870. The van der Waals surface area contributed by atoms with E-state index in [0.717, 1.165) is 57.8 Å². The number of likely N-dealkylation sites (N-methyl/N-ethyl adjacent to an activating group) is 1. The maximum Gasteiger partial charge on any atom is 0.251 e. The zero-order valence-electron chi connectivity index (χ0n) is 14.9. The molecule has 1 amide bonds. The van der Waals surface area contributed by atoms with E-state index < -0.39 is 0 Å². The van der Waals surface area contributed by atoms with E-state index in [1.165, 1.54) is 5.56 Å². The number of piperidine rings is 1. The molecule has 132 valence electrons. The molecule has 2 atom stereocenters. The van der Waals surface area contributed by atoms with Crippen LogP contribution in [-0.2, 0) is 6.54 Å². The number of piperazine rings is 1. The molecule has 2 aliphatic rings. The minimum atomic E-state index is 0.0639. The van der Waals surface area contributed by atoms with Crippen molar-refractivity contribution in [2.75, 3.05) is 46.3 Å². The Morgan fingerprint density at radius 1 is 1.29 bits per heavy atom. The molecule has 2 aliphatic heterocycles. The van der Waals surface area contributed by atoms with Crippen molar-refractivity contribution in [3.05, 3.63) is 35.4 Å². The third kappa shape index (κ3) is 4.56. The summed E-state index contributed by atoms with van der Waals surface area (Å²) in [6.07, 6.45) is 1.01. The highest BCUT2D eigenvalue weighted by Crippen LogP contribution is 2.14. The van der Waals surface area contributed by atoms with E-state index in [0.29, 0.717) is 5.92 Å². The van der Waals surface area contributed by atoms with Crippen LogP contribution in [0.25, 0.3) is 0 Å². The van der Waals surface area contributed by atoms with Gasteiger partial charge in [0.2, 0.25) is 0 Å². The fraction of sp³-hybridized carbons (Fsp3) is 0.632. The summed E-state index contributed by atoms with van der Waals surface area (Å²) >= 11 is 0. The van der Waals surface area contributed by atoms with Gasteiger partial charge in [0, 0.05) is 44.3 Å². The first-order chi connectivity index (χ1) is 11.6. The molecule has 2 fully saturated rings. The summed E-state index contributed by atoms with van der Waals surface area (Å²) in [6.45, 7) is 9.52. The standard InChI is InChI=1S/C19H30N4O/c1-15-13-20-7-6-18(15)21-19(24)17-5-3-4-16(12-17)14-23-10-8-22(2)9-11-23/h3-5,12,15,18,20H,6-11,13-14H2,1-2H3,(H,21,24). The predicted octanol–water partition coefficient (Wildman–Crippen LogP) is 1.16. The minimum absolute atomic E-state index is 0.0639. The summed E-state index contributed by atoms with van der Waals surface area (Å²) in [7, 11) is 2.17. The molecule has 0 radical (unpaired) electrons. The molecule has 5 heteroatoms. The Kier molecular flexibility index (Phi) is 5.87. The molecule has 0 aliphatic carbocycles. The second-order valence-corrected chi connectivity index (χ2v) is 7.33. The second-order valence-electron chi connectivity index (χ2n) is 7.33. The number of hydrogen-bond donors (Lipinski definition) is 2. The number of nitrogens with one attached hydrogen (secondary N) is 2. The van der Waals surface area contributed by atoms with Crippen LogP contribution in [0.4, 0.5) is 0 Å². The average Bonchev–Trinajstić information content (AvgIpc) is 2.59. The van der Waals surface area contributed by atoms with Crippen LogP contribution in [0.5, 0.6) is 0 Å². The van der Waals surface area contributed by atoms with Crippen molar-refractivity contribution in [1.82, 2.24) is 20.4 Å². The molecule has 1 aromatic carbocycles. The summed E-state index contributed by atoms with van der Waals surface area (Å²) in [6, 6.07) is 8.39. The van der Waals surface area contributed by atoms with Crippen LogP contribution in [0.2, 0.25) is 0 Å². The van der Waals surface area contributed by atoms with Gasteiger partial charge in [-0.1, -0.05) is 19.1 Å². The molecule has 0 bridgehead atoms. The van der Waals surface area contributed by atoms with Crippen LogP contribution in [-0.4, -0.2) is 68.1 Å². The van der Waals surface area contributed by atoms with E-state index in [1.54, 1.807) is 0 Å². The van der Waals surface area contributed by atoms with Crippen LogP contribution < -0.4 is 10.6 Å². The summed E-state index contributed by atoms with van der Waals surface area (Å²) < 4.78 is 0. The summed E-state index contributed by atoms with van der Waals surface area (Å²) in [5, 5.41) is 6.60. The van der Waals surface area contributed by atoms with Gasteiger partial charge in [0.15, 0.2) is 0 Å². The Morgan fingerprint density at radius 3 is 2.83 bits per heavy atom. The fourth-order valence-electron chi connectivity index (χ4n) is 3.56. The smallest absolute Gasteiger partial charge is 0.251 e. The predicted molar refractivity (Wildman–Crippen MR) is 97.1 cm³/mol. The Bertz CT molecular complexity index is 554. The highest BCUT2D eigenvalue weighted by molar-refractivity contribution is 5.94. The van der Waals surface area contributed by atoms with Gasteiger partial charge in [-0.15, -0.1) is 0 Å². The Balaban J connectivity index is 1.58. The van der Waals surface area contributed by atoms with Crippen molar-refractivity contribution in [2.24, 2.45) is 5.92 Å². The van der Waals surface area contributed by atoms with Gasteiger partial charge in [0.1, 0.15) is 0 Å². The van der Waals surface area contributed by atoms with Gasteiger partial charge in [-0.3, -0.25) is 9.69 Å². The number of benzene rings is 1. The third-order valence-electron chi connectivity index (χ3n) is 5.29. The number of carbonyl (C=O) groups excluding carboxylic acids is 1. The number of amides is 1. The molecule has 0 aromatic heterocycles. The van der Waals surface area contributed by atoms with Crippen LogP contribution in [0, 0.1) is 5.92 Å². The third-order valence-corrected chi connectivity index (χ3v) is 5.29. The second kappa shape index (κ2) is 8.10. The number of rotatable bonds is 4. The maximum absolute atomic E-state index is 12.6. The molecule has 0 spiro atoms. The van der Waals surface area contributed by atoms with Gasteiger partial charge in [0.25, 0.3) is 5.91 Å². The Hall–Kier alpha value is -1.43. The SMILES string of the molecule is CC1CNCCC1NC(=O)c1cccc(CN2CCN(C)CC2)c1. The Morgan fingerprint density at radius 2 is 2.08 bits per heavy atom. The fourth-order valence-corrected chi connectivity index (χ4v) is 3.56. The van der Waals surface area contributed by atoms with E-state index in [2.05, 4.69) is 46.5 Å². The van der Waals surface area contributed by atoms with Gasteiger partial charge >= 0.3 is 0 Å². The van der Waals surface area contributed by atoms with Gasteiger partial charge in [-0.25, -0.2) is 0 Å². The van der Waals surface area contributed by atoms with Crippen molar-refractivity contribution in [3.8, 4) is 0 Å². The molecule has 0 saturated carbocycles. The monoisotopic (exact) mass is 330 g/mol. The number of hydrogen-bond acceptors (Lipinski definition) is 4. The van der Waals surface area contributed by atoms with E-state index in [1.807, 2.05) is 12.1 Å². The van der Waals surface area contributed by atoms with Crippen LogP contribution in [0.3, 0.4) is 0 Å². The first-order valence-corrected chi connectivity index (χ1v) is 9.13. The topological polar surface area (TPSA) is 47.6 Å². The van der Waals surface area contributed by atoms with Crippen molar-refractivity contribution in [1.29, 1.82) is 0 Å². The molecular weight excluding hydrogens is 300 g/mol. The highest BCUT2D eigenvalue weighted by Gasteiger charge is 2.23. The lowest BCUT2D eigenvalue weighted by atomic mass is 9.95.